The van der Waals surface area contributed by atoms with Crippen LogP contribution in [0.2, 0.25) is 0 Å². The molecule has 0 spiro atoms. The third kappa shape index (κ3) is 5.42. The van der Waals surface area contributed by atoms with E-state index in [4.69, 9.17) is 9.47 Å². The molecule has 0 bridgehead atoms. The van der Waals surface area contributed by atoms with Gasteiger partial charge in [-0.1, -0.05) is 42.0 Å². The molecule has 34 heavy (non-hydrogen) atoms. The molecule has 8 heteroatoms. The molecule has 0 aliphatic rings. The van der Waals surface area contributed by atoms with Gasteiger partial charge in [-0.3, -0.25) is 9.89 Å². The Morgan fingerprint density at radius 3 is 2.65 bits per heavy atom. The van der Waals surface area contributed by atoms with Crippen molar-refractivity contribution in [2.75, 3.05) is 7.11 Å². The molecular formula is C26H24N4O4. The zero-order valence-corrected chi connectivity index (χ0v) is 18.8. The van der Waals surface area contributed by atoms with Crippen LogP contribution in [0, 0.1) is 6.92 Å². The Hall–Kier alpha value is -4.59. The van der Waals surface area contributed by atoms with E-state index in [-0.39, 0.29) is 11.4 Å². The number of methoxy groups -OCH3 is 1. The minimum absolute atomic E-state index is 0.0737. The van der Waals surface area contributed by atoms with Gasteiger partial charge in [0.1, 0.15) is 18.1 Å². The molecule has 3 aromatic carbocycles. The highest BCUT2D eigenvalue weighted by Gasteiger charge is 2.13. The fourth-order valence-corrected chi connectivity index (χ4v) is 3.19. The van der Waals surface area contributed by atoms with Crippen molar-refractivity contribution in [3.8, 4) is 28.5 Å². The molecule has 8 nitrogen and oxygen atoms in total. The number of rotatable bonds is 8. The van der Waals surface area contributed by atoms with Crippen LogP contribution in [0.3, 0.4) is 0 Å². The SMILES string of the molecule is COc1cc(-c2cc(C(=O)NN=Cc3ccccc3O)[nH]n2)ccc1OCc1ccc(C)cc1. The van der Waals surface area contributed by atoms with Gasteiger partial charge in [0, 0.05) is 11.1 Å². The summed E-state index contributed by atoms with van der Waals surface area (Å²) in [7, 11) is 1.57. The van der Waals surface area contributed by atoms with Gasteiger partial charge in [-0.15, -0.1) is 0 Å². The Kier molecular flexibility index (Phi) is 6.88. The number of nitrogens with zero attached hydrogens (tertiary/aromatic N) is 2. The molecule has 172 valence electrons. The number of aromatic amines is 1. The number of H-pyrrole nitrogens is 1. The van der Waals surface area contributed by atoms with Gasteiger partial charge in [-0.05, 0) is 48.9 Å². The number of aromatic hydroxyl groups is 1. The van der Waals surface area contributed by atoms with Crippen molar-refractivity contribution in [1.29, 1.82) is 0 Å². The largest absolute Gasteiger partial charge is 0.507 e. The number of hydrogen-bond acceptors (Lipinski definition) is 6. The Bertz CT molecular complexity index is 1310. The Labute approximate surface area is 196 Å². The number of phenols is 1. The number of hydrogen-bond donors (Lipinski definition) is 3. The van der Waals surface area contributed by atoms with E-state index in [1.165, 1.54) is 17.8 Å². The van der Waals surface area contributed by atoms with Gasteiger partial charge < -0.3 is 14.6 Å². The summed E-state index contributed by atoms with van der Waals surface area (Å²) in [6, 6.07) is 21.9. The first-order valence-electron chi connectivity index (χ1n) is 10.6. The number of carbonyl (C=O) groups is 1. The summed E-state index contributed by atoms with van der Waals surface area (Å²) >= 11 is 0. The second-order valence-electron chi connectivity index (χ2n) is 7.56. The predicted molar refractivity (Wildman–Crippen MR) is 129 cm³/mol. The van der Waals surface area contributed by atoms with Gasteiger partial charge in [0.25, 0.3) is 5.91 Å². The van der Waals surface area contributed by atoms with Crippen molar-refractivity contribution < 1.29 is 19.4 Å². The fraction of sp³-hybridized carbons (Fsp3) is 0.115. The number of amides is 1. The second-order valence-corrected chi connectivity index (χ2v) is 7.56. The fourth-order valence-electron chi connectivity index (χ4n) is 3.19. The van der Waals surface area contributed by atoms with Crippen LogP contribution in [-0.4, -0.2) is 34.5 Å². The number of phenolic OH excluding ortho intramolecular Hbond substituents is 1. The summed E-state index contributed by atoms with van der Waals surface area (Å²) in [6.07, 6.45) is 1.37. The monoisotopic (exact) mass is 456 g/mol. The summed E-state index contributed by atoms with van der Waals surface area (Å²) in [4.78, 5) is 12.4. The van der Waals surface area contributed by atoms with Crippen LogP contribution in [0.5, 0.6) is 17.2 Å². The first kappa shape index (κ1) is 22.6. The number of ether oxygens (including phenoxy) is 2. The number of benzene rings is 3. The third-order valence-corrected chi connectivity index (χ3v) is 5.10. The van der Waals surface area contributed by atoms with E-state index in [0.717, 1.165) is 11.1 Å². The zero-order chi connectivity index (χ0) is 23.9. The van der Waals surface area contributed by atoms with Crippen molar-refractivity contribution in [2.45, 2.75) is 13.5 Å². The summed E-state index contributed by atoms with van der Waals surface area (Å²) in [5.41, 5.74) is 6.72. The molecular weight excluding hydrogens is 432 g/mol. The lowest BCUT2D eigenvalue weighted by molar-refractivity contribution is 0.0950. The first-order chi connectivity index (χ1) is 16.5. The first-order valence-corrected chi connectivity index (χ1v) is 10.6. The van der Waals surface area contributed by atoms with Crippen LogP contribution < -0.4 is 14.9 Å². The standard InChI is InChI=1S/C26H24N4O4/c1-17-7-9-18(10-8-17)16-34-24-12-11-19(13-25(24)33-2)21-14-22(29-28-21)26(32)30-27-15-20-5-3-4-6-23(20)31/h3-15,31H,16H2,1-2H3,(H,28,29)(H,30,32). The van der Waals surface area contributed by atoms with Crippen LogP contribution in [0.25, 0.3) is 11.3 Å². The highest BCUT2D eigenvalue weighted by atomic mass is 16.5. The molecule has 0 atom stereocenters. The maximum Gasteiger partial charge on any atom is 0.289 e. The van der Waals surface area contributed by atoms with Crippen LogP contribution >= 0.6 is 0 Å². The quantitative estimate of drug-likeness (QED) is 0.268. The van der Waals surface area contributed by atoms with Crippen LogP contribution in [0.15, 0.2) is 77.9 Å². The molecule has 0 fully saturated rings. The second kappa shape index (κ2) is 10.4. The van der Waals surface area contributed by atoms with Gasteiger partial charge in [0.2, 0.25) is 0 Å². The number of nitrogens with one attached hydrogen (secondary N) is 2. The summed E-state index contributed by atoms with van der Waals surface area (Å²) in [5.74, 6) is 0.782. The average Bonchev–Trinajstić information content (AvgIpc) is 3.35. The summed E-state index contributed by atoms with van der Waals surface area (Å²) in [5, 5.41) is 20.6. The molecule has 1 aromatic heterocycles. The van der Waals surface area contributed by atoms with Crippen molar-refractivity contribution in [1.82, 2.24) is 15.6 Å². The molecule has 0 aliphatic carbocycles. The number of para-hydroxylation sites is 1. The minimum Gasteiger partial charge on any atom is -0.507 e. The Morgan fingerprint density at radius 2 is 1.88 bits per heavy atom. The highest BCUT2D eigenvalue weighted by Crippen LogP contribution is 2.32. The topological polar surface area (TPSA) is 109 Å². The van der Waals surface area contributed by atoms with Crippen molar-refractivity contribution in [3.63, 3.8) is 0 Å². The zero-order valence-electron chi connectivity index (χ0n) is 18.8. The van der Waals surface area contributed by atoms with E-state index in [2.05, 4.69) is 20.7 Å². The molecule has 3 N–H and O–H groups in total. The lowest BCUT2D eigenvalue weighted by Gasteiger charge is -2.12. The van der Waals surface area contributed by atoms with Crippen molar-refractivity contribution in [3.05, 3.63) is 95.2 Å². The van der Waals surface area contributed by atoms with Crippen LogP contribution in [0.1, 0.15) is 27.2 Å². The van der Waals surface area contributed by atoms with Gasteiger partial charge >= 0.3 is 0 Å². The lowest BCUT2D eigenvalue weighted by Crippen LogP contribution is -2.18. The molecule has 0 radical (unpaired) electrons. The van der Waals surface area contributed by atoms with E-state index in [0.29, 0.717) is 29.4 Å². The molecule has 0 saturated heterocycles. The average molecular weight is 457 g/mol. The van der Waals surface area contributed by atoms with E-state index >= 15 is 0 Å². The molecule has 1 heterocycles. The number of hydrazone groups is 1. The van der Waals surface area contributed by atoms with Crippen LogP contribution in [-0.2, 0) is 6.61 Å². The Morgan fingerprint density at radius 1 is 1.09 bits per heavy atom. The Balaban J connectivity index is 1.42. The van der Waals surface area contributed by atoms with Crippen molar-refractivity contribution >= 4 is 12.1 Å². The molecule has 4 aromatic rings. The normalized spacial score (nSPS) is 10.9. The summed E-state index contributed by atoms with van der Waals surface area (Å²) in [6.45, 7) is 2.46. The molecule has 0 unspecified atom stereocenters. The van der Waals surface area contributed by atoms with E-state index < -0.39 is 5.91 Å². The van der Waals surface area contributed by atoms with Gasteiger partial charge in [0.05, 0.1) is 19.0 Å². The number of aryl methyl sites for hydroxylation is 1. The third-order valence-electron chi connectivity index (χ3n) is 5.10. The predicted octanol–water partition coefficient (Wildman–Crippen LogP) is 4.44. The molecule has 0 aliphatic heterocycles. The minimum atomic E-state index is -0.463. The highest BCUT2D eigenvalue weighted by molar-refractivity contribution is 5.94. The van der Waals surface area contributed by atoms with E-state index in [1.54, 1.807) is 37.4 Å². The number of carbonyl (C=O) groups excluding carboxylic acids is 1. The smallest absolute Gasteiger partial charge is 0.289 e. The molecule has 4 rings (SSSR count). The lowest BCUT2D eigenvalue weighted by atomic mass is 10.1. The maximum atomic E-state index is 12.4. The van der Waals surface area contributed by atoms with Gasteiger partial charge in [-0.2, -0.15) is 10.2 Å². The molecule has 1 amide bonds. The van der Waals surface area contributed by atoms with Gasteiger partial charge in [-0.25, -0.2) is 5.43 Å². The summed E-state index contributed by atoms with van der Waals surface area (Å²) < 4.78 is 11.4. The maximum absolute atomic E-state index is 12.4. The van der Waals surface area contributed by atoms with Crippen molar-refractivity contribution in [2.24, 2.45) is 5.10 Å². The van der Waals surface area contributed by atoms with E-state index in [9.17, 15) is 9.90 Å². The van der Waals surface area contributed by atoms with E-state index in [1.807, 2.05) is 43.3 Å². The van der Waals surface area contributed by atoms with Crippen LogP contribution in [0.4, 0.5) is 0 Å². The number of aromatic nitrogens is 2. The van der Waals surface area contributed by atoms with Gasteiger partial charge in [0.15, 0.2) is 11.5 Å². The molecule has 0 saturated carbocycles.